The monoisotopic (exact) mass is 279 g/mol. The van der Waals surface area contributed by atoms with Gasteiger partial charge < -0.3 is 4.74 Å². The van der Waals surface area contributed by atoms with Crippen molar-refractivity contribution in [2.75, 3.05) is 6.61 Å². The summed E-state index contributed by atoms with van der Waals surface area (Å²) in [6.45, 7) is 0.965. The van der Waals surface area contributed by atoms with Crippen LogP contribution >= 0.6 is 0 Å². The SMILES string of the molecule is N#CB1CCC2(CCOc3c2ccc2c3CCC2=O)CC1. The molecule has 0 radical (unpaired) electrons. The maximum absolute atomic E-state index is 11.9. The van der Waals surface area contributed by atoms with Crippen LogP contribution in [-0.4, -0.2) is 19.1 Å². The van der Waals surface area contributed by atoms with Gasteiger partial charge >= 0.3 is 0 Å². The Hall–Kier alpha value is -1.76. The summed E-state index contributed by atoms with van der Waals surface area (Å²) in [6, 6.07) is 4.14. The minimum absolute atomic E-state index is 0.182. The maximum Gasteiger partial charge on any atom is 0.267 e. The number of nitriles is 1. The van der Waals surface area contributed by atoms with Gasteiger partial charge in [0.2, 0.25) is 0 Å². The number of ether oxygens (including phenoxy) is 1. The smallest absolute Gasteiger partial charge is 0.267 e. The van der Waals surface area contributed by atoms with Crippen molar-refractivity contribution in [1.82, 2.24) is 0 Å². The van der Waals surface area contributed by atoms with Gasteiger partial charge in [0.05, 0.1) is 6.61 Å². The lowest BCUT2D eigenvalue weighted by atomic mass is 9.38. The fourth-order valence-corrected chi connectivity index (χ4v) is 4.39. The zero-order chi connectivity index (χ0) is 14.4. The van der Waals surface area contributed by atoms with E-state index >= 15 is 0 Å². The van der Waals surface area contributed by atoms with Crippen molar-refractivity contribution >= 4 is 12.5 Å². The first-order valence-electron chi connectivity index (χ1n) is 7.95. The van der Waals surface area contributed by atoms with E-state index in [2.05, 4.69) is 12.0 Å². The predicted molar refractivity (Wildman–Crippen MR) is 81.1 cm³/mol. The van der Waals surface area contributed by atoms with Crippen molar-refractivity contribution in [3.8, 4) is 11.7 Å². The second kappa shape index (κ2) is 4.63. The van der Waals surface area contributed by atoms with Gasteiger partial charge in [-0.25, -0.2) is 5.26 Å². The molecule has 0 atom stereocenters. The molecule has 0 amide bonds. The molecule has 3 nitrogen and oxygen atoms in total. The van der Waals surface area contributed by atoms with Crippen molar-refractivity contribution in [2.24, 2.45) is 0 Å². The van der Waals surface area contributed by atoms with Gasteiger partial charge in [-0.2, -0.15) is 0 Å². The van der Waals surface area contributed by atoms with Crippen LogP contribution in [0.15, 0.2) is 12.1 Å². The molecule has 2 heterocycles. The molecule has 0 N–H and O–H groups in total. The van der Waals surface area contributed by atoms with Crippen LogP contribution in [-0.2, 0) is 11.8 Å². The maximum atomic E-state index is 11.9. The Labute approximate surface area is 125 Å². The number of rotatable bonds is 0. The number of hydrogen-bond donors (Lipinski definition) is 0. The van der Waals surface area contributed by atoms with Crippen LogP contribution in [0.5, 0.6) is 5.75 Å². The third-order valence-corrected chi connectivity index (χ3v) is 5.69. The highest BCUT2D eigenvalue weighted by Gasteiger charge is 2.43. The van der Waals surface area contributed by atoms with Gasteiger partial charge in [0.25, 0.3) is 6.71 Å². The third kappa shape index (κ3) is 1.83. The van der Waals surface area contributed by atoms with E-state index in [1.165, 1.54) is 5.56 Å². The third-order valence-electron chi connectivity index (χ3n) is 5.69. The zero-order valence-electron chi connectivity index (χ0n) is 12.2. The number of benzene rings is 1. The summed E-state index contributed by atoms with van der Waals surface area (Å²) in [5.41, 5.74) is 3.50. The highest BCUT2D eigenvalue weighted by Crippen LogP contribution is 2.50. The fourth-order valence-electron chi connectivity index (χ4n) is 4.39. The van der Waals surface area contributed by atoms with E-state index in [4.69, 9.17) is 10.00 Å². The number of carbonyl (C=O) groups is 1. The molecule has 0 bridgehead atoms. The van der Waals surface area contributed by atoms with Crippen LogP contribution in [0, 0.1) is 11.2 Å². The van der Waals surface area contributed by atoms with Crippen molar-refractivity contribution in [2.45, 2.75) is 50.2 Å². The van der Waals surface area contributed by atoms with E-state index < -0.39 is 0 Å². The summed E-state index contributed by atoms with van der Waals surface area (Å²) in [5.74, 6) is 3.68. The molecule has 1 fully saturated rings. The average molecular weight is 279 g/mol. The molecule has 4 heteroatoms. The summed E-state index contributed by atoms with van der Waals surface area (Å²) in [6.07, 6.45) is 6.64. The van der Waals surface area contributed by atoms with Crippen molar-refractivity contribution in [3.05, 3.63) is 28.8 Å². The minimum Gasteiger partial charge on any atom is -0.493 e. The van der Waals surface area contributed by atoms with Crippen molar-refractivity contribution in [3.63, 3.8) is 0 Å². The van der Waals surface area contributed by atoms with E-state index in [9.17, 15) is 4.79 Å². The lowest BCUT2D eigenvalue weighted by Crippen LogP contribution is -2.38. The average Bonchev–Trinajstić information content (AvgIpc) is 2.90. The normalized spacial score (nSPS) is 22.4. The topological polar surface area (TPSA) is 50.1 Å². The van der Waals surface area contributed by atoms with Gasteiger partial charge in [0.1, 0.15) is 5.75 Å². The zero-order valence-corrected chi connectivity index (χ0v) is 12.2. The van der Waals surface area contributed by atoms with Gasteiger partial charge in [-0.15, -0.1) is 0 Å². The van der Waals surface area contributed by atoms with Crippen molar-refractivity contribution in [1.29, 1.82) is 5.26 Å². The molecule has 1 saturated heterocycles. The first-order chi connectivity index (χ1) is 10.2. The largest absolute Gasteiger partial charge is 0.493 e. The number of ketones is 1. The lowest BCUT2D eigenvalue weighted by molar-refractivity contribution is 0.0994. The number of nitrogens with zero attached hydrogens (tertiary/aromatic N) is 1. The second-order valence-electron chi connectivity index (χ2n) is 6.67. The molecule has 106 valence electrons. The van der Waals surface area contributed by atoms with Crippen LogP contribution in [0.4, 0.5) is 0 Å². The lowest BCUT2D eigenvalue weighted by Gasteiger charge is -2.43. The van der Waals surface area contributed by atoms with E-state index in [0.29, 0.717) is 6.42 Å². The Bertz CT molecular complexity index is 653. The molecule has 0 saturated carbocycles. The molecule has 4 rings (SSSR count). The highest BCUT2D eigenvalue weighted by molar-refractivity contribution is 6.67. The molecule has 1 spiro atoms. The Kier molecular flexibility index (Phi) is 2.85. The number of fused-ring (bicyclic) bond motifs is 4. The fraction of sp³-hybridized carbons (Fsp3) is 0.529. The van der Waals surface area contributed by atoms with Gasteiger partial charge in [0, 0.05) is 34.5 Å². The van der Waals surface area contributed by atoms with Crippen LogP contribution in [0.25, 0.3) is 0 Å². The van der Waals surface area contributed by atoms with Gasteiger partial charge in [-0.3, -0.25) is 4.79 Å². The van der Waals surface area contributed by atoms with Crippen LogP contribution < -0.4 is 4.74 Å². The highest BCUT2D eigenvalue weighted by atomic mass is 16.5. The molecule has 2 aliphatic heterocycles. The van der Waals surface area contributed by atoms with E-state index in [0.717, 1.165) is 61.8 Å². The molecule has 1 aromatic carbocycles. The molecule has 1 aromatic rings. The van der Waals surface area contributed by atoms with E-state index in [1.54, 1.807) is 0 Å². The Balaban J connectivity index is 1.77. The predicted octanol–water partition coefficient (Wildman–Crippen LogP) is 3.19. The van der Waals surface area contributed by atoms with Crippen LogP contribution in [0.3, 0.4) is 0 Å². The minimum atomic E-state index is 0.182. The Morgan fingerprint density at radius 2 is 2.00 bits per heavy atom. The summed E-state index contributed by atoms with van der Waals surface area (Å²) < 4.78 is 5.98. The first-order valence-corrected chi connectivity index (χ1v) is 7.95. The number of carbonyl (C=O) groups excluding carboxylic acids is 1. The molecular formula is C17H18BNO2. The van der Waals surface area contributed by atoms with Crippen LogP contribution in [0.1, 0.15) is 47.2 Å². The summed E-state index contributed by atoms with van der Waals surface area (Å²) in [7, 11) is 0. The quantitative estimate of drug-likeness (QED) is 0.685. The molecule has 1 aliphatic carbocycles. The van der Waals surface area contributed by atoms with E-state index in [-0.39, 0.29) is 17.9 Å². The Morgan fingerprint density at radius 3 is 2.76 bits per heavy atom. The first kappa shape index (κ1) is 12.9. The number of Topliss-reactive ketones (excluding diaryl/α,β-unsaturated/α-hetero) is 1. The summed E-state index contributed by atoms with van der Waals surface area (Å²) >= 11 is 0. The van der Waals surface area contributed by atoms with Crippen LogP contribution in [0.2, 0.25) is 12.6 Å². The summed E-state index contributed by atoms with van der Waals surface area (Å²) in [5, 5.41) is 9.12. The van der Waals surface area contributed by atoms with Crippen molar-refractivity contribution < 1.29 is 9.53 Å². The van der Waals surface area contributed by atoms with E-state index in [1.807, 2.05) is 6.07 Å². The standard InChI is InChI=1S/C17H18BNO2/c19-11-18-8-5-17(6-9-18)7-10-21-16-13-2-4-15(20)12(13)1-3-14(16)17/h1,3H,2,4-10H2. The van der Waals surface area contributed by atoms with Gasteiger partial charge in [-0.05, 0) is 25.7 Å². The van der Waals surface area contributed by atoms with Gasteiger partial charge in [-0.1, -0.05) is 24.8 Å². The Morgan fingerprint density at radius 1 is 1.19 bits per heavy atom. The van der Waals surface area contributed by atoms with Gasteiger partial charge in [0.15, 0.2) is 5.78 Å². The molecule has 0 unspecified atom stereocenters. The molecule has 0 aromatic heterocycles. The molecule has 21 heavy (non-hydrogen) atoms. The molecular weight excluding hydrogens is 261 g/mol. The number of hydrogen-bond acceptors (Lipinski definition) is 3. The molecule has 3 aliphatic rings. The second-order valence-corrected chi connectivity index (χ2v) is 6.67. The summed E-state index contributed by atoms with van der Waals surface area (Å²) in [4.78, 5) is 11.9.